The summed E-state index contributed by atoms with van der Waals surface area (Å²) < 4.78 is 27.3. The van der Waals surface area contributed by atoms with E-state index in [4.69, 9.17) is 4.74 Å². The molecule has 0 aromatic carbocycles. The van der Waals surface area contributed by atoms with Crippen LogP contribution in [0, 0.1) is 0 Å². The Labute approximate surface area is 106 Å². The van der Waals surface area contributed by atoms with Crippen molar-refractivity contribution in [2.75, 3.05) is 25.7 Å². The van der Waals surface area contributed by atoms with Gasteiger partial charge in [-0.05, 0) is 39.2 Å². The highest BCUT2D eigenvalue weighted by atomic mass is 32.2. The van der Waals surface area contributed by atoms with E-state index in [1.807, 2.05) is 0 Å². The molecular formula is C12H27NO3S. The van der Waals surface area contributed by atoms with E-state index in [1.54, 1.807) is 7.11 Å². The molecule has 0 bridgehead atoms. The molecule has 17 heavy (non-hydrogen) atoms. The quantitative estimate of drug-likeness (QED) is 0.652. The van der Waals surface area contributed by atoms with Crippen LogP contribution in [0.1, 0.15) is 39.5 Å². The average Bonchev–Trinajstić information content (AvgIpc) is 2.23. The van der Waals surface area contributed by atoms with Crippen molar-refractivity contribution in [3.05, 3.63) is 0 Å². The molecule has 0 fully saturated rings. The van der Waals surface area contributed by atoms with Crippen LogP contribution < -0.4 is 5.32 Å². The second-order valence-corrected chi connectivity index (χ2v) is 6.91. The van der Waals surface area contributed by atoms with Gasteiger partial charge in [-0.3, -0.25) is 0 Å². The van der Waals surface area contributed by atoms with Crippen LogP contribution >= 0.6 is 0 Å². The zero-order valence-electron chi connectivity index (χ0n) is 11.5. The molecule has 0 saturated carbocycles. The second kappa shape index (κ2) is 8.89. The van der Waals surface area contributed by atoms with E-state index >= 15 is 0 Å². The molecule has 0 rings (SSSR count). The minimum atomic E-state index is -2.82. The van der Waals surface area contributed by atoms with E-state index in [0.29, 0.717) is 6.04 Å². The van der Waals surface area contributed by atoms with Gasteiger partial charge in [0.25, 0.3) is 0 Å². The number of ether oxygens (including phenoxy) is 1. The SMILES string of the molecule is CCNC(CCCS(C)(=O)=O)CCC(C)OC. The predicted molar refractivity (Wildman–Crippen MR) is 72.1 cm³/mol. The fraction of sp³-hybridized carbons (Fsp3) is 1.00. The number of sulfone groups is 1. The van der Waals surface area contributed by atoms with Gasteiger partial charge in [-0.15, -0.1) is 0 Å². The zero-order valence-corrected chi connectivity index (χ0v) is 12.3. The van der Waals surface area contributed by atoms with E-state index in [1.165, 1.54) is 6.26 Å². The van der Waals surface area contributed by atoms with Crippen LogP contribution in [0.25, 0.3) is 0 Å². The molecule has 0 saturated heterocycles. The largest absolute Gasteiger partial charge is 0.382 e. The van der Waals surface area contributed by atoms with E-state index < -0.39 is 9.84 Å². The van der Waals surface area contributed by atoms with E-state index in [2.05, 4.69) is 19.2 Å². The first-order valence-electron chi connectivity index (χ1n) is 6.33. The molecule has 5 heteroatoms. The molecule has 1 N–H and O–H groups in total. The van der Waals surface area contributed by atoms with Gasteiger partial charge in [0.05, 0.1) is 6.10 Å². The Kier molecular flexibility index (Phi) is 8.82. The second-order valence-electron chi connectivity index (χ2n) is 4.65. The van der Waals surface area contributed by atoms with Gasteiger partial charge in [0, 0.05) is 25.2 Å². The lowest BCUT2D eigenvalue weighted by Gasteiger charge is -2.19. The van der Waals surface area contributed by atoms with Crippen LogP contribution in [-0.2, 0) is 14.6 Å². The lowest BCUT2D eigenvalue weighted by molar-refractivity contribution is 0.105. The normalized spacial score (nSPS) is 15.8. The summed E-state index contributed by atoms with van der Waals surface area (Å²) in [5.74, 6) is 0.286. The van der Waals surface area contributed by atoms with Gasteiger partial charge >= 0.3 is 0 Å². The van der Waals surface area contributed by atoms with E-state index in [-0.39, 0.29) is 11.9 Å². The summed E-state index contributed by atoms with van der Waals surface area (Å²) in [6.45, 7) is 5.05. The van der Waals surface area contributed by atoms with Crippen molar-refractivity contribution in [2.45, 2.75) is 51.7 Å². The topological polar surface area (TPSA) is 55.4 Å². The van der Waals surface area contributed by atoms with Crippen molar-refractivity contribution in [2.24, 2.45) is 0 Å². The average molecular weight is 265 g/mol. The molecule has 0 heterocycles. The van der Waals surface area contributed by atoms with E-state index in [9.17, 15) is 8.42 Å². The van der Waals surface area contributed by atoms with Gasteiger partial charge in [0.1, 0.15) is 9.84 Å². The Balaban J connectivity index is 3.89. The highest BCUT2D eigenvalue weighted by Gasteiger charge is 2.11. The molecule has 0 amide bonds. The Morgan fingerprint density at radius 1 is 1.24 bits per heavy atom. The maximum absolute atomic E-state index is 11.0. The van der Waals surface area contributed by atoms with Gasteiger partial charge in [-0.1, -0.05) is 6.92 Å². The number of hydrogen-bond donors (Lipinski definition) is 1. The van der Waals surface area contributed by atoms with Crippen molar-refractivity contribution in [1.82, 2.24) is 5.32 Å². The van der Waals surface area contributed by atoms with Crippen molar-refractivity contribution < 1.29 is 13.2 Å². The molecule has 4 nitrogen and oxygen atoms in total. The Morgan fingerprint density at radius 2 is 1.88 bits per heavy atom. The molecule has 0 aliphatic heterocycles. The first-order chi connectivity index (χ1) is 7.89. The summed E-state index contributed by atoms with van der Waals surface area (Å²) >= 11 is 0. The summed E-state index contributed by atoms with van der Waals surface area (Å²) in [5, 5.41) is 3.40. The Morgan fingerprint density at radius 3 is 2.35 bits per heavy atom. The summed E-state index contributed by atoms with van der Waals surface area (Å²) in [6.07, 6.45) is 5.25. The summed E-state index contributed by atoms with van der Waals surface area (Å²) in [6, 6.07) is 0.402. The van der Waals surface area contributed by atoms with E-state index in [0.717, 1.165) is 32.2 Å². The summed E-state index contributed by atoms with van der Waals surface area (Å²) in [5.41, 5.74) is 0. The molecule has 0 aliphatic rings. The van der Waals surface area contributed by atoms with Crippen LogP contribution in [-0.4, -0.2) is 46.2 Å². The van der Waals surface area contributed by atoms with Crippen molar-refractivity contribution in [1.29, 1.82) is 0 Å². The lowest BCUT2D eigenvalue weighted by atomic mass is 10.0. The highest BCUT2D eigenvalue weighted by molar-refractivity contribution is 7.90. The van der Waals surface area contributed by atoms with Crippen LogP contribution in [0.4, 0.5) is 0 Å². The first kappa shape index (κ1) is 16.9. The molecular weight excluding hydrogens is 238 g/mol. The van der Waals surface area contributed by atoms with Crippen LogP contribution in [0.15, 0.2) is 0 Å². The molecule has 0 aliphatic carbocycles. The third-order valence-corrected chi connectivity index (χ3v) is 3.91. The fourth-order valence-corrected chi connectivity index (χ4v) is 2.47. The molecule has 0 aromatic heterocycles. The number of methoxy groups -OCH3 is 1. The van der Waals surface area contributed by atoms with Crippen LogP contribution in [0.3, 0.4) is 0 Å². The maximum atomic E-state index is 11.0. The molecule has 2 atom stereocenters. The van der Waals surface area contributed by atoms with Gasteiger partial charge in [0.15, 0.2) is 0 Å². The van der Waals surface area contributed by atoms with Crippen molar-refractivity contribution >= 4 is 9.84 Å². The minimum absolute atomic E-state index is 0.270. The smallest absolute Gasteiger partial charge is 0.147 e. The summed E-state index contributed by atoms with van der Waals surface area (Å²) in [7, 11) is -1.10. The van der Waals surface area contributed by atoms with Gasteiger partial charge in [0.2, 0.25) is 0 Å². The predicted octanol–water partition coefficient (Wildman–Crippen LogP) is 1.60. The zero-order chi connectivity index (χ0) is 13.3. The van der Waals surface area contributed by atoms with Gasteiger partial charge in [-0.2, -0.15) is 0 Å². The number of nitrogens with one attached hydrogen (secondary N) is 1. The molecule has 0 spiro atoms. The lowest BCUT2D eigenvalue weighted by Crippen LogP contribution is -2.30. The Hall–Kier alpha value is -0.130. The van der Waals surface area contributed by atoms with Crippen molar-refractivity contribution in [3.8, 4) is 0 Å². The number of hydrogen-bond acceptors (Lipinski definition) is 4. The van der Waals surface area contributed by atoms with Crippen molar-refractivity contribution in [3.63, 3.8) is 0 Å². The summed E-state index contributed by atoms with van der Waals surface area (Å²) in [4.78, 5) is 0. The maximum Gasteiger partial charge on any atom is 0.147 e. The molecule has 104 valence electrons. The molecule has 0 aromatic rings. The monoisotopic (exact) mass is 265 g/mol. The molecule has 2 unspecified atom stereocenters. The Bertz CT molecular complexity index is 277. The van der Waals surface area contributed by atoms with Gasteiger partial charge in [-0.25, -0.2) is 8.42 Å². The third-order valence-electron chi connectivity index (χ3n) is 2.88. The first-order valence-corrected chi connectivity index (χ1v) is 8.39. The fourth-order valence-electron chi connectivity index (χ4n) is 1.78. The highest BCUT2D eigenvalue weighted by Crippen LogP contribution is 2.09. The van der Waals surface area contributed by atoms with Gasteiger partial charge < -0.3 is 10.1 Å². The van der Waals surface area contributed by atoms with Crippen LogP contribution in [0.2, 0.25) is 0 Å². The molecule has 0 radical (unpaired) electrons. The minimum Gasteiger partial charge on any atom is -0.382 e. The third kappa shape index (κ3) is 10.7. The standard InChI is InChI=1S/C12H27NO3S/c1-5-13-12(9-8-11(2)16-3)7-6-10-17(4,14)15/h11-13H,5-10H2,1-4H3. The number of rotatable bonds is 10. The van der Waals surface area contributed by atoms with Crippen LogP contribution in [0.5, 0.6) is 0 Å².